The van der Waals surface area contributed by atoms with Crippen LogP contribution in [-0.2, 0) is 13.0 Å². The normalized spacial score (nSPS) is 13.9. The van der Waals surface area contributed by atoms with E-state index in [-0.39, 0.29) is 5.91 Å². The SMILES string of the molecule is CCN(C)c1nc(C)nc2c1CN(C(=O)c1ccco1)CC2. The zero-order valence-corrected chi connectivity index (χ0v) is 13.2. The van der Waals surface area contributed by atoms with Gasteiger partial charge in [-0.2, -0.15) is 0 Å². The van der Waals surface area contributed by atoms with E-state index < -0.39 is 0 Å². The predicted octanol–water partition coefficient (Wildman–Crippen LogP) is 2.03. The first kappa shape index (κ1) is 14.6. The van der Waals surface area contributed by atoms with E-state index >= 15 is 0 Å². The number of furan rings is 1. The van der Waals surface area contributed by atoms with Gasteiger partial charge >= 0.3 is 0 Å². The van der Waals surface area contributed by atoms with Gasteiger partial charge in [-0.15, -0.1) is 0 Å². The predicted molar refractivity (Wildman–Crippen MR) is 82.9 cm³/mol. The first-order valence-electron chi connectivity index (χ1n) is 7.50. The van der Waals surface area contributed by atoms with Crippen LogP contribution in [0.15, 0.2) is 22.8 Å². The van der Waals surface area contributed by atoms with Crippen LogP contribution in [-0.4, -0.2) is 40.9 Å². The highest BCUT2D eigenvalue weighted by Crippen LogP contribution is 2.27. The molecule has 0 radical (unpaired) electrons. The standard InChI is InChI=1S/C16H20N4O2/c1-4-19(3)15-12-10-20(16(21)14-6-5-9-22-14)8-7-13(12)17-11(2)18-15/h5-6,9H,4,7-8,10H2,1-3H3. The monoisotopic (exact) mass is 300 g/mol. The number of rotatable bonds is 3. The Kier molecular flexibility index (Phi) is 3.83. The minimum Gasteiger partial charge on any atom is -0.459 e. The molecule has 0 aromatic carbocycles. The Balaban J connectivity index is 1.93. The number of fused-ring (bicyclic) bond motifs is 1. The molecule has 0 fully saturated rings. The van der Waals surface area contributed by atoms with Crippen LogP contribution in [0.4, 0.5) is 5.82 Å². The minimum absolute atomic E-state index is 0.0821. The second kappa shape index (κ2) is 5.79. The van der Waals surface area contributed by atoms with Gasteiger partial charge in [0.1, 0.15) is 11.6 Å². The lowest BCUT2D eigenvalue weighted by Gasteiger charge is -2.31. The minimum atomic E-state index is -0.0821. The van der Waals surface area contributed by atoms with Crippen molar-refractivity contribution in [1.82, 2.24) is 14.9 Å². The molecule has 3 rings (SSSR count). The molecule has 22 heavy (non-hydrogen) atoms. The van der Waals surface area contributed by atoms with Crippen molar-refractivity contribution in [1.29, 1.82) is 0 Å². The number of hydrogen-bond donors (Lipinski definition) is 0. The number of nitrogens with zero attached hydrogens (tertiary/aromatic N) is 4. The summed E-state index contributed by atoms with van der Waals surface area (Å²) in [6.45, 7) is 6.02. The fraction of sp³-hybridized carbons (Fsp3) is 0.438. The average molecular weight is 300 g/mol. The topological polar surface area (TPSA) is 62.5 Å². The largest absolute Gasteiger partial charge is 0.459 e. The first-order valence-corrected chi connectivity index (χ1v) is 7.50. The molecule has 0 unspecified atom stereocenters. The molecule has 1 aliphatic rings. The molecule has 0 bridgehead atoms. The van der Waals surface area contributed by atoms with Gasteiger partial charge in [0.15, 0.2) is 5.76 Å². The van der Waals surface area contributed by atoms with Crippen molar-refractivity contribution in [3.63, 3.8) is 0 Å². The molecular weight excluding hydrogens is 280 g/mol. The Morgan fingerprint density at radius 3 is 2.95 bits per heavy atom. The second-order valence-electron chi connectivity index (χ2n) is 5.49. The van der Waals surface area contributed by atoms with Crippen molar-refractivity contribution in [2.75, 3.05) is 25.0 Å². The smallest absolute Gasteiger partial charge is 0.289 e. The second-order valence-corrected chi connectivity index (χ2v) is 5.49. The number of aryl methyl sites for hydroxylation is 1. The van der Waals surface area contributed by atoms with Gasteiger partial charge in [0.05, 0.1) is 18.5 Å². The van der Waals surface area contributed by atoms with Crippen molar-refractivity contribution in [2.24, 2.45) is 0 Å². The molecule has 2 aromatic rings. The quantitative estimate of drug-likeness (QED) is 0.868. The molecule has 0 aliphatic carbocycles. The zero-order valence-electron chi connectivity index (χ0n) is 13.2. The van der Waals surface area contributed by atoms with Crippen LogP contribution in [0.3, 0.4) is 0 Å². The summed E-state index contributed by atoms with van der Waals surface area (Å²) in [5.41, 5.74) is 2.09. The molecule has 116 valence electrons. The van der Waals surface area contributed by atoms with E-state index in [9.17, 15) is 4.79 Å². The molecule has 3 heterocycles. The van der Waals surface area contributed by atoms with Crippen LogP contribution in [0.2, 0.25) is 0 Å². The van der Waals surface area contributed by atoms with Crippen molar-refractivity contribution in [3.05, 3.63) is 41.2 Å². The number of carbonyl (C=O) groups is 1. The van der Waals surface area contributed by atoms with Crippen LogP contribution in [0.25, 0.3) is 0 Å². The highest BCUT2D eigenvalue weighted by atomic mass is 16.3. The van der Waals surface area contributed by atoms with E-state index in [1.807, 2.05) is 14.0 Å². The third kappa shape index (κ3) is 2.56. The van der Waals surface area contributed by atoms with E-state index in [1.54, 1.807) is 17.0 Å². The van der Waals surface area contributed by atoms with E-state index in [1.165, 1.54) is 6.26 Å². The maximum atomic E-state index is 12.5. The van der Waals surface area contributed by atoms with Crippen molar-refractivity contribution >= 4 is 11.7 Å². The Morgan fingerprint density at radius 1 is 1.45 bits per heavy atom. The summed E-state index contributed by atoms with van der Waals surface area (Å²) in [5.74, 6) is 1.99. The molecule has 0 saturated heterocycles. The molecule has 0 spiro atoms. The van der Waals surface area contributed by atoms with Crippen molar-refractivity contribution in [3.8, 4) is 0 Å². The van der Waals surface area contributed by atoms with Crippen LogP contribution < -0.4 is 4.90 Å². The van der Waals surface area contributed by atoms with Crippen LogP contribution >= 0.6 is 0 Å². The summed E-state index contributed by atoms with van der Waals surface area (Å²) in [7, 11) is 2.01. The maximum Gasteiger partial charge on any atom is 0.289 e. The van der Waals surface area contributed by atoms with Gasteiger partial charge in [0.2, 0.25) is 0 Å². The van der Waals surface area contributed by atoms with Gasteiger partial charge in [0.25, 0.3) is 5.91 Å². The van der Waals surface area contributed by atoms with Crippen molar-refractivity contribution in [2.45, 2.75) is 26.8 Å². The number of carbonyl (C=O) groups excluding carboxylic acids is 1. The number of anilines is 1. The number of hydrogen-bond acceptors (Lipinski definition) is 5. The molecule has 6 heteroatoms. The molecule has 0 N–H and O–H groups in total. The van der Waals surface area contributed by atoms with Gasteiger partial charge in [-0.25, -0.2) is 9.97 Å². The fourth-order valence-electron chi connectivity index (χ4n) is 2.71. The number of aromatic nitrogens is 2. The van der Waals surface area contributed by atoms with Gasteiger partial charge in [-0.3, -0.25) is 4.79 Å². The summed E-state index contributed by atoms with van der Waals surface area (Å²) < 4.78 is 5.22. The molecular formula is C16H20N4O2. The summed E-state index contributed by atoms with van der Waals surface area (Å²) in [5, 5.41) is 0. The third-order valence-corrected chi connectivity index (χ3v) is 4.01. The summed E-state index contributed by atoms with van der Waals surface area (Å²) >= 11 is 0. The van der Waals surface area contributed by atoms with Gasteiger partial charge in [-0.1, -0.05) is 0 Å². The summed E-state index contributed by atoms with van der Waals surface area (Å²) in [4.78, 5) is 25.5. The highest BCUT2D eigenvalue weighted by Gasteiger charge is 2.27. The van der Waals surface area contributed by atoms with E-state index in [2.05, 4.69) is 21.8 Å². The van der Waals surface area contributed by atoms with Crippen molar-refractivity contribution < 1.29 is 9.21 Å². The Labute approximate surface area is 129 Å². The van der Waals surface area contributed by atoms with E-state index in [4.69, 9.17) is 4.42 Å². The lowest BCUT2D eigenvalue weighted by atomic mass is 10.1. The fourth-order valence-corrected chi connectivity index (χ4v) is 2.71. The summed E-state index contributed by atoms with van der Waals surface area (Å²) in [6, 6.07) is 3.43. The van der Waals surface area contributed by atoms with Gasteiger partial charge < -0.3 is 14.2 Å². The zero-order chi connectivity index (χ0) is 15.7. The van der Waals surface area contributed by atoms with E-state index in [0.717, 1.165) is 35.9 Å². The highest BCUT2D eigenvalue weighted by molar-refractivity contribution is 5.91. The Bertz CT molecular complexity index is 682. The molecule has 1 amide bonds. The van der Waals surface area contributed by atoms with Gasteiger partial charge in [-0.05, 0) is 26.0 Å². The molecule has 6 nitrogen and oxygen atoms in total. The Hall–Kier alpha value is -2.37. The van der Waals surface area contributed by atoms with Gasteiger partial charge in [0, 0.05) is 32.1 Å². The van der Waals surface area contributed by atoms with Crippen LogP contribution in [0.5, 0.6) is 0 Å². The lowest BCUT2D eigenvalue weighted by Crippen LogP contribution is -2.37. The maximum absolute atomic E-state index is 12.5. The third-order valence-electron chi connectivity index (χ3n) is 4.01. The summed E-state index contributed by atoms with van der Waals surface area (Å²) in [6.07, 6.45) is 2.27. The van der Waals surface area contributed by atoms with Crippen LogP contribution in [0, 0.1) is 6.92 Å². The molecule has 1 aliphatic heterocycles. The first-order chi connectivity index (χ1) is 10.6. The average Bonchev–Trinajstić information content (AvgIpc) is 3.06. The Morgan fingerprint density at radius 2 is 2.27 bits per heavy atom. The molecule has 0 atom stereocenters. The van der Waals surface area contributed by atoms with E-state index in [0.29, 0.717) is 18.8 Å². The van der Waals surface area contributed by atoms with Crippen LogP contribution in [0.1, 0.15) is 34.6 Å². The number of amides is 1. The molecule has 0 saturated carbocycles. The molecule has 2 aromatic heterocycles. The lowest BCUT2D eigenvalue weighted by molar-refractivity contribution is 0.0701.